The summed E-state index contributed by atoms with van der Waals surface area (Å²) in [4.78, 5) is 15.1. The van der Waals surface area contributed by atoms with Gasteiger partial charge in [-0.15, -0.1) is 0 Å². The number of carbonyl (C=O) groups excluding carboxylic acids is 1. The van der Waals surface area contributed by atoms with Gasteiger partial charge in [0.1, 0.15) is 0 Å². The van der Waals surface area contributed by atoms with Crippen LogP contribution in [0.3, 0.4) is 0 Å². The van der Waals surface area contributed by atoms with E-state index in [-0.39, 0.29) is 30.6 Å². The van der Waals surface area contributed by atoms with Crippen molar-refractivity contribution in [2.24, 2.45) is 11.8 Å². The average molecular weight is 540 g/mol. The molecule has 3 rings (SSSR count). The lowest BCUT2D eigenvalue weighted by Crippen LogP contribution is -2.54. The van der Waals surface area contributed by atoms with Crippen LogP contribution in [-0.2, 0) is 10.3 Å². The smallest absolute Gasteiger partial charge is 0.317 e. The molecule has 2 fully saturated rings. The summed E-state index contributed by atoms with van der Waals surface area (Å²) in [7, 11) is 3.47. The number of likely N-dealkylation sites (N-methyl/N-ethyl adjacent to an activating group) is 1. The molecule has 0 aromatic heterocycles. The van der Waals surface area contributed by atoms with Gasteiger partial charge in [-0.25, -0.2) is 13.6 Å². The first-order valence-electron chi connectivity index (χ1n) is 14.2. The quantitative estimate of drug-likeness (QED) is 0.297. The van der Waals surface area contributed by atoms with Gasteiger partial charge < -0.3 is 30.5 Å². The Morgan fingerprint density at radius 3 is 2.68 bits per heavy atom. The zero-order valence-corrected chi connectivity index (χ0v) is 23.3. The second-order valence-electron chi connectivity index (χ2n) is 11.6. The van der Waals surface area contributed by atoms with Gasteiger partial charge in [0.05, 0.1) is 11.2 Å². The lowest BCUT2D eigenvalue weighted by atomic mass is 9.74. The fraction of sp³-hybridized carbons (Fsp3) is 0.759. The predicted molar refractivity (Wildman–Crippen MR) is 144 cm³/mol. The molecule has 2 amide bonds. The Morgan fingerprint density at radius 1 is 1.26 bits per heavy atom. The number of benzene rings is 1. The van der Waals surface area contributed by atoms with Gasteiger partial charge in [-0.3, -0.25) is 0 Å². The zero-order chi connectivity index (χ0) is 27.8. The van der Waals surface area contributed by atoms with E-state index in [0.717, 1.165) is 38.2 Å². The Morgan fingerprint density at radius 2 is 2.00 bits per heavy atom. The van der Waals surface area contributed by atoms with E-state index in [1.54, 1.807) is 12.0 Å². The lowest BCUT2D eigenvalue weighted by Gasteiger charge is -2.43. The summed E-state index contributed by atoms with van der Waals surface area (Å²) >= 11 is 0. The van der Waals surface area contributed by atoms with Crippen molar-refractivity contribution in [1.29, 1.82) is 0 Å². The van der Waals surface area contributed by atoms with Crippen molar-refractivity contribution in [3.8, 4) is 0 Å². The van der Waals surface area contributed by atoms with Gasteiger partial charge in [0, 0.05) is 50.9 Å². The zero-order valence-electron chi connectivity index (χ0n) is 23.3. The van der Waals surface area contributed by atoms with Crippen LogP contribution in [0.25, 0.3) is 0 Å². The molecule has 216 valence electrons. The third kappa shape index (κ3) is 8.10. The number of methoxy groups -OCH3 is 1. The molecule has 1 saturated heterocycles. The number of carbonyl (C=O) groups is 1. The highest BCUT2D eigenvalue weighted by Gasteiger charge is 2.43. The molecule has 7 nitrogen and oxygen atoms in total. The van der Waals surface area contributed by atoms with Crippen molar-refractivity contribution in [2.75, 3.05) is 40.4 Å². The van der Waals surface area contributed by atoms with E-state index in [1.807, 2.05) is 14.0 Å². The third-order valence-corrected chi connectivity index (χ3v) is 8.54. The Bertz CT molecular complexity index is 893. The van der Waals surface area contributed by atoms with Crippen molar-refractivity contribution < 1.29 is 28.5 Å². The molecule has 1 aliphatic carbocycles. The topological polar surface area (TPSA) is 94.1 Å². The number of urea groups is 1. The fourth-order valence-corrected chi connectivity index (χ4v) is 6.23. The van der Waals surface area contributed by atoms with Gasteiger partial charge in [-0.2, -0.15) is 0 Å². The minimum absolute atomic E-state index is 0.0385. The van der Waals surface area contributed by atoms with Crippen molar-refractivity contribution in [2.45, 2.75) is 88.4 Å². The number of rotatable bonds is 12. The number of nitrogens with zero attached hydrogens (tertiary/aromatic N) is 1. The summed E-state index contributed by atoms with van der Waals surface area (Å²) in [6, 6.07) is 3.68. The van der Waals surface area contributed by atoms with Gasteiger partial charge >= 0.3 is 6.03 Å². The van der Waals surface area contributed by atoms with E-state index in [9.17, 15) is 23.8 Å². The highest BCUT2D eigenvalue weighted by molar-refractivity contribution is 5.74. The number of amides is 2. The Labute approximate surface area is 226 Å². The molecule has 4 N–H and O–H groups in total. The molecule has 38 heavy (non-hydrogen) atoms. The fourth-order valence-electron chi connectivity index (χ4n) is 6.23. The minimum Gasteiger partial charge on any atom is -0.390 e. The Balaban J connectivity index is 1.70. The van der Waals surface area contributed by atoms with Gasteiger partial charge in [0.2, 0.25) is 0 Å². The monoisotopic (exact) mass is 539 g/mol. The predicted octanol–water partition coefficient (Wildman–Crippen LogP) is 4.31. The highest BCUT2D eigenvalue weighted by atomic mass is 19.2. The lowest BCUT2D eigenvalue weighted by molar-refractivity contribution is -0.0592. The van der Waals surface area contributed by atoms with Crippen LogP contribution in [0.4, 0.5) is 13.6 Å². The molecule has 3 atom stereocenters. The number of likely N-dealkylation sites (tertiary alicyclic amines) is 1. The van der Waals surface area contributed by atoms with Crippen LogP contribution in [0.2, 0.25) is 0 Å². The summed E-state index contributed by atoms with van der Waals surface area (Å²) < 4.78 is 34.2. The van der Waals surface area contributed by atoms with Crippen LogP contribution in [0.15, 0.2) is 18.2 Å². The van der Waals surface area contributed by atoms with Gasteiger partial charge in [-0.05, 0) is 90.2 Å². The van der Waals surface area contributed by atoms with Gasteiger partial charge in [0.25, 0.3) is 0 Å². The third-order valence-electron chi connectivity index (χ3n) is 8.54. The average Bonchev–Trinajstić information content (AvgIpc) is 2.89. The molecule has 2 aliphatic rings. The summed E-state index contributed by atoms with van der Waals surface area (Å²) in [6.45, 7) is 3.85. The van der Waals surface area contributed by atoms with Crippen LogP contribution < -0.4 is 10.6 Å². The molecular formula is C29H47F2N3O4. The normalized spacial score (nSPS) is 26.6. The summed E-state index contributed by atoms with van der Waals surface area (Å²) in [5.74, 6) is -1.99. The molecule has 0 bridgehead atoms. The minimum atomic E-state index is -1.59. The number of ether oxygens (including phenoxy) is 1. The first-order valence-corrected chi connectivity index (χ1v) is 14.2. The molecule has 0 unspecified atom stereocenters. The van der Waals surface area contributed by atoms with Crippen LogP contribution in [0, 0.1) is 23.5 Å². The van der Waals surface area contributed by atoms with Gasteiger partial charge in [0.15, 0.2) is 11.6 Å². The molecule has 1 aromatic carbocycles. The largest absolute Gasteiger partial charge is 0.390 e. The number of piperidine rings is 1. The van der Waals surface area contributed by atoms with Crippen LogP contribution >= 0.6 is 0 Å². The molecule has 9 heteroatoms. The van der Waals surface area contributed by atoms with Gasteiger partial charge in [-0.1, -0.05) is 12.1 Å². The number of nitrogens with one attached hydrogen (secondary N) is 2. The molecular weight excluding hydrogens is 492 g/mol. The van der Waals surface area contributed by atoms with Crippen molar-refractivity contribution in [3.63, 3.8) is 0 Å². The number of hydrogen-bond donors (Lipinski definition) is 4. The van der Waals surface area contributed by atoms with Crippen molar-refractivity contribution >= 4 is 6.03 Å². The van der Waals surface area contributed by atoms with Crippen LogP contribution in [0.5, 0.6) is 0 Å². The maximum absolute atomic E-state index is 14.9. The van der Waals surface area contributed by atoms with E-state index in [1.165, 1.54) is 12.1 Å². The molecule has 1 heterocycles. The van der Waals surface area contributed by atoms with Crippen LogP contribution in [0.1, 0.15) is 76.7 Å². The van der Waals surface area contributed by atoms with E-state index in [2.05, 4.69) is 10.6 Å². The SMILES string of the molecule is CNC[C@H](C[C@H]1CC[C@](C)(O)CC1)NC(=O)N1CCC[C@@H]([C@@](O)(CCCCOC)c2cccc(F)c2F)C1. The second-order valence-corrected chi connectivity index (χ2v) is 11.6. The standard InChI is InChI=1S/C29H47F2N3O4/c1-28(36)14-11-21(12-15-28)18-23(19-32-2)33-27(35)34-16-7-8-22(20-34)29(37,13-4-5-17-38-3)24-9-6-10-25(30)26(24)31/h6,9-10,21-23,32,36-37H,4-5,7-8,11-20H2,1-3H3,(H,33,35)/t21-,22-,23+,28-,29+/m1/s1. The summed E-state index contributed by atoms with van der Waals surface area (Å²) in [5, 5.41) is 28.5. The number of aliphatic hydroxyl groups is 2. The highest BCUT2D eigenvalue weighted by Crippen LogP contribution is 2.41. The molecule has 0 radical (unpaired) electrons. The summed E-state index contributed by atoms with van der Waals surface area (Å²) in [6.07, 6.45) is 7.05. The molecule has 1 saturated carbocycles. The molecule has 1 aromatic rings. The Kier molecular flexibility index (Phi) is 11.3. The van der Waals surface area contributed by atoms with E-state index in [4.69, 9.17) is 4.74 Å². The molecule has 0 spiro atoms. The first kappa shape index (κ1) is 30.7. The number of halogens is 2. The van der Waals surface area contributed by atoms with Crippen molar-refractivity contribution in [1.82, 2.24) is 15.5 Å². The van der Waals surface area contributed by atoms with E-state index in [0.29, 0.717) is 51.3 Å². The maximum Gasteiger partial charge on any atom is 0.317 e. The van der Waals surface area contributed by atoms with E-state index < -0.39 is 28.8 Å². The van der Waals surface area contributed by atoms with Crippen LogP contribution in [-0.4, -0.2) is 73.2 Å². The van der Waals surface area contributed by atoms with E-state index >= 15 is 0 Å². The van der Waals surface area contributed by atoms with Crippen molar-refractivity contribution in [3.05, 3.63) is 35.4 Å². The molecule has 1 aliphatic heterocycles. The second kappa shape index (κ2) is 14.0. The summed E-state index contributed by atoms with van der Waals surface area (Å²) in [5.41, 5.74) is -2.23. The Hall–Kier alpha value is -1.81. The first-order chi connectivity index (χ1) is 18.1. The maximum atomic E-state index is 14.9. The number of unbranched alkanes of at least 4 members (excludes halogenated alkanes) is 1. The number of hydrogen-bond acceptors (Lipinski definition) is 5.